The molecular weight excluding hydrogens is 304 g/mol. The van der Waals surface area contributed by atoms with Crippen molar-refractivity contribution in [1.82, 2.24) is 15.1 Å². The fraction of sp³-hybridized carbons (Fsp3) is 0.267. The quantitative estimate of drug-likeness (QED) is 0.909. The molecule has 0 spiro atoms. The minimum absolute atomic E-state index is 0. The molecule has 0 saturated carbocycles. The molecule has 1 amide bonds. The van der Waals surface area contributed by atoms with Crippen molar-refractivity contribution in [1.29, 1.82) is 0 Å². The topological polar surface area (TPSA) is 76.0 Å². The van der Waals surface area contributed by atoms with Crippen molar-refractivity contribution in [2.75, 3.05) is 5.32 Å². The van der Waals surface area contributed by atoms with E-state index in [1.165, 1.54) is 4.68 Å². The average molecular weight is 321 g/mol. The highest BCUT2D eigenvalue weighted by molar-refractivity contribution is 6.04. The first-order valence-corrected chi connectivity index (χ1v) is 6.91. The summed E-state index contributed by atoms with van der Waals surface area (Å²) in [4.78, 5) is 24.1. The Kier molecular flexibility index (Phi) is 4.95. The van der Waals surface area contributed by atoms with Crippen molar-refractivity contribution in [2.24, 2.45) is 0 Å². The second kappa shape index (κ2) is 6.72. The van der Waals surface area contributed by atoms with Gasteiger partial charge in [-0.2, -0.15) is 0 Å². The van der Waals surface area contributed by atoms with Crippen molar-refractivity contribution in [2.45, 2.75) is 26.4 Å². The number of carbonyl (C=O) groups is 2. The van der Waals surface area contributed by atoms with Crippen LogP contribution in [0.25, 0.3) is 0 Å². The predicted molar refractivity (Wildman–Crippen MR) is 85.3 cm³/mol. The molecule has 1 aromatic carbocycles. The van der Waals surface area contributed by atoms with Crippen molar-refractivity contribution in [3.05, 3.63) is 47.2 Å². The number of benzene rings is 1. The predicted octanol–water partition coefficient (Wildman–Crippen LogP) is 2.21. The molecule has 22 heavy (non-hydrogen) atoms. The molecule has 2 N–H and O–H groups in total. The van der Waals surface area contributed by atoms with Crippen LogP contribution in [-0.4, -0.2) is 21.6 Å². The highest BCUT2D eigenvalue weighted by Crippen LogP contribution is 2.24. The lowest BCUT2D eigenvalue weighted by atomic mass is 10.2. The molecule has 116 valence electrons. The van der Waals surface area contributed by atoms with Crippen LogP contribution in [0.5, 0.6) is 0 Å². The first-order chi connectivity index (χ1) is 10.2. The second-order valence-electron chi connectivity index (χ2n) is 4.86. The van der Waals surface area contributed by atoms with Crippen LogP contribution in [0.2, 0.25) is 0 Å². The molecule has 0 fully saturated rings. The highest BCUT2D eigenvalue weighted by atomic mass is 35.5. The first kappa shape index (κ1) is 16.2. The number of fused-ring (bicyclic) bond motifs is 1. The van der Waals surface area contributed by atoms with Gasteiger partial charge >= 0.3 is 0 Å². The zero-order valence-electron chi connectivity index (χ0n) is 12.1. The van der Waals surface area contributed by atoms with E-state index in [1.54, 1.807) is 31.2 Å². The Morgan fingerprint density at radius 1 is 1.27 bits per heavy atom. The number of carbonyl (C=O) groups excluding carboxylic acids is 2. The Labute approximate surface area is 134 Å². The number of aromatic nitrogens is 2. The maximum absolute atomic E-state index is 12.2. The fourth-order valence-electron chi connectivity index (χ4n) is 2.38. The van der Waals surface area contributed by atoms with E-state index in [0.717, 1.165) is 11.3 Å². The van der Waals surface area contributed by atoms with E-state index in [0.29, 0.717) is 30.9 Å². The van der Waals surface area contributed by atoms with E-state index < -0.39 is 0 Å². The van der Waals surface area contributed by atoms with E-state index in [2.05, 4.69) is 15.7 Å². The van der Waals surface area contributed by atoms with Crippen LogP contribution >= 0.6 is 12.4 Å². The number of nitrogens with zero attached hydrogens (tertiary/aromatic N) is 2. The van der Waals surface area contributed by atoms with Crippen LogP contribution in [0.15, 0.2) is 30.3 Å². The monoisotopic (exact) mass is 320 g/mol. The van der Waals surface area contributed by atoms with Crippen LogP contribution in [-0.2, 0) is 13.1 Å². The molecule has 0 radical (unpaired) electrons. The molecule has 1 aromatic heterocycles. The summed E-state index contributed by atoms with van der Waals surface area (Å²) < 4.78 is 1.40. The number of hydrogen-bond acceptors (Lipinski definition) is 4. The van der Waals surface area contributed by atoms with Gasteiger partial charge in [-0.3, -0.25) is 9.59 Å². The van der Waals surface area contributed by atoms with Crippen LogP contribution in [0.4, 0.5) is 5.82 Å². The highest BCUT2D eigenvalue weighted by Gasteiger charge is 2.25. The van der Waals surface area contributed by atoms with Gasteiger partial charge in [-0.05, 0) is 12.1 Å². The van der Waals surface area contributed by atoms with Gasteiger partial charge in [-0.1, -0.05) is 25.1 Å². The zero-order valence-corrected chi connectivity index (χ0v) is 12.9. The Morgan fingerprint density at radius 2 is 2.00 bits per heavy atom. The maximum Gasteiger partial charge on any atom is 0.256 e. The minimum Gasteiger partial charge on any atom is -0.307 e. The van der Waals surface area contributed by atoms with Crippen molar-refractivity contribution >= 4 is 30.0 Å². The van der Waals surface area contributed by atoms with E-state index in [-0.39, 0.29) is 24.2 Å². The smallest absolute Gasteiger partial charge is 0.256 e. The fourth-order valence-corrected chi connectivity index (χ4v) is 2.38. The van der Waals surface area contributed by atoms with E-state index in [1.807, 2.05) is 6.07 Å². The third-order valence-electron chi connectivity index (χ3n) is 3.49. The van der Waals surface area contributed by atoms with Crippen molar-refractivity contribution in [3.63, 3.8) is 0 Å². The molecule has 7 heteroatoms. The number of halogens is 1. The summed E-state index contributed by atoms with van der Waals surface area (Å²) in [6.07, 6.45) is 0.375. The summed E-state index contributed by atoms with van der Waals surface area (Å²) in [5.74, 6) is 0.166. The average Bonchev–Trinajstić information content (AvgIpc) is 3.11. The van der Waals surface area contributed by atoms with Gasteiger partial charge in [0.05, 0.1) is 5.69 Å². The van der Waals surface area contributed by atoms with Crippen molar-refractivity contribution in [3.8, 4) is 0 Å². The third kappa shape index (κ3) is 2.88. The van der Waals surface area contributed by atoms with Gasteiger partial charge in [0.25, 0.3) is 5.91 Å². The van der Waals surface area contributed by atoms with E-state index in [9.17, 15) is 9.59 Å². The van der Waals surface area contributed by atoms with Gasteiger partial charge in [-0.25, -0.2) is 4.68 Å². The SMILES string of the molecule is CCC(=O)n1nc(NC(=O)c2ccccc2)c2c1CNC2.Cl. The standard InChI is InChI=1S/C15H16N4O2.ClH/c1-2-13(20)19-12-9-16-8-11(12)14(18-19)17-15(21)10-6-4-3-5-7-10;/h3-7,16H,2,8-9H2,1H3,(H,17,18,21);1H. The molecular formula is C15H17ClN4O2. The van der Waals surface area contributed by atoms with Crippen LogP contribution in [0.1, 0.15) is 39.8 Å². The van der Waals surface area contributed by atoms with Crippen molar-refractivity contribution < 1.29 is 9.59 Å². The largest absolute Gasteiger partial charge is 0.307 e. The molecule has 6 nitrogen and oxygen atoms in total. The van der Waals surface area contributed by atoms with E-state index in [4.69, 9.17) is 0 Å². The number of hydrogen-bond donors (Lipinski definition) is 2. The Hall–Kier alpha value is -2.18. The van der Waals surface area contributed by atoms with Gasteiger partial charge in [0.1, 0.15) is 0 Å². The Morgan fingerprint density at radius 3 is 2.68 bits per heavy atom. The van der Waals surface area contributed by atoms with Crippen LogP contribution < -0.4 is 10.6 Å². The van der Waals surface area contributed by atoms with Gasteiger partial charge in [0.15, 0.2) is 5.82 Å². The summed E-state index contributed by atoms with van der Waals surface area (Å²) >= 11 is 0. The molecule has 0 saturated heterocycles. The second-order valence-corrected chi connectivity index (χ2v) is 4.86. The van der Waals surface area contributed by atoms with Gasteiger partial charge in [0, 0.05) is 30.6 Å². The summed E-state index contributed by atoms with van der Waals surface area (Å²) in [5.41, 5.74) is 2.29. The van der Waals surface area contributed by atoms with E-state index >= 15 is 0 Å². The number of anilines is 1. The van der Waals surface area contributed by atoms with Gasteiger partial charge in [0.2, 0.25) is 5.91 Å². The summed E-state index contributed by atoms with van der Waals surface area (Å²) in [5, 5.41) is 10.2. The van der Waals surface area contributed by atoms with Gasteiger partial charge in [-0.15, -0.1) is 17.5 Å². The molecule has 2 aromatic rings. The Bertz CT molecular complexity index is 697. The zero-order chi connectivity index (χ0) is 14.8. The molecule has 3 rings (SSSR count). The molecule has 1 aliphatic rings. The summed E-state index contributed by atoms with van der Waals surface area (Å²) in [7, 11) is 0. The lowest BCUT2D eigenvalue weighted by molar-refractivity contribution is 0.0888. The Balaban J connectivity index is 0.00000176. The van der Waals surface area contributed by atoms with Crippen LogP contribution in [0, 0.1) is 0 Å². The summed E-state index contributed by atoms with van der Waals surface area (Å²) in [6.45, 7) is 2.99. The third-order valence-corrected chi connectivity index (χ3v) is 3.49. The molecule has 1 aliphatic heterocycles. The maximum atomic E-state index is 12.2. The minimum atomic E-state index is -0.223. The van der Waals surface area contributed by atoms with Gasteiger partial charge < -0.3 is 10.6 Å². The number of rotatable bonds is 3. The number of amides is 1. The first-order valence-electron chi connectivity index (χ1n) is 6.91. The summed E-state index contributed by atoms with van der Waals surface area (Å²) in [6, 6.07) is 8.94. The molecule has 0 bridgehead atoms. The molecule has 0 atom stereocenters. The van der Waals surface area contributed by atoms with Crippen LogP contribution in [0.3, 0.4) is 0 Å². The normalized spacial score (nSPS) is 12.4. The lowest BCUT2D eigenvalue weighted by Gasteiger charge is -2.04. The number of nitrogens with one attached hydrogen (secondary N) is 2. The molecule has 0 unspecified atom stereocenters. The molecule has 0 aliphatic carbocycles. The lowest BCUT2D eigenvalue weighted by Crippen LogP contribution is -2.18. The molecule has 2 heterocycles.